The van der Waals surface area contributed by atoms with Crippen molar-refractivity contribution in [2.75, 3.05) is 20.2 Å². The number of nitrogens with zero attached hydrogens (tertiary/aromatic N) is 1. The number of ether oxygens (including phenoxy) is 1. The van der Waals surface area contributed by atoms with Gasteiger partial charge in [-0.25, -0.2) is 0 Å². The van der Waals surface area contributed by atoms with Gasteiger partial charge in [0.25, 0.3) is 0 Å². The van der Waals surface area contributed by atoms with Crippen molar-refractivity contribution >= 4 is 17.7 Å². The largest absolute Gasteiger partial charge is 0.497 e. The second-order valence-corrected chi connectivity index (χ2v) is 7.13. The number of amides is 1. The molecule has 1 aromatic carbocycles. The van der Waals surface area contributed by atoms with Crippen LogP contribution in [0.3, 0.4) is 0 Å². The maximum absolute atomic E-state index is 12.4. The molecule has 1 fully saturated rings. The van der Waals surface area contributed by atoms with E-state index in [0.29, 0.717) is 6.04 Å². The van der Waals surface area contributed by atoms with E-state index in [4.69, 9.17) is 4.74 Å². The molecular weight excluding hydrogens is 284 g/mol. The van der Waals surface area contributed by atoms with Crippen LogP contribution in [0.1, 0.15) is 31.7 Å². The zero-order valence-electron chi connectivity index (χ0n) is 13.2. The van der Waals surface area contributed by atoms with Gasteiger partial charge in [0.15, 0.2) is 0 Å². The van der Waals surface area contributed by atoms with Crippen LogP contribution in [0.5, 0.6) is 5.75 Å². The predicted octanol–water partition coefficient (Wildman–Crippen LogP) is 1.63. The summed E-state index contributed by atoms with van der Waals surface area (Å²) in [6, 6.07) is 8.60. The van der Waals surface area contributed by atoms with Gasteiger partial charge in [0.2, 0.25) is 5.91 Å². The molecule has 0 unspecified atom stereocenters. The lowest BCUT2D eigenvalue weighted by molar-refractivity contribution is -0.682. The second kappa shape index (κ2) is 7.18. The molecule has 0 radical (unpaired) electrons. The molecule has 5 heteroatoms. The fourth-order valence-electron chi connectivity index (χ4n) is 2.48. The number of nitrogens with two attached hydrogens (primary N) is 1. The molecule has 0 bridgehead atoms. The molecule has 1 aliphatic heterocycles. The Balaban J connectivity index is 2.09. The number of carbonyl (C=O) groups is 1. The lowest BCUT2D eigenvalue weighted by Gasteiger charge is -2.24. The average molecular weight is 309 g/mol. The van der Waals surface area contributed by atoms with E-state index in [9.17, 15) is 4.79 Å². The van der Waals surface area contributed by atoms with Gasteiger partial charge in [0.1, 0.15) is 11.1 Å². The summed E-state index contributed by atoms with van der Waals surface area (Å²) in [4.78, 5) is 14.4. The minimum Gasteiger partial charge on any atom is -0.497 e. The van der Waals surface area contributed by atoms with E-state index >= 15 is 0 Å². The highest BCUT2D eigenvalue weighted by Gasteiger charge is 2.38. The van der Waals surface area contributed by atoms with Gasteiger partial charge in [-0.15, -0.1) is 11.8 Å². The van der Waals surface area contributed by atoms with Crippen LogP contribution in [0, 0.1) is 0 Å². The molecule has 4 nitrogen and oxygen atoms in total. The molecule has 1 aromatic rings. The lowest BCUT2D eigenvalue weighted by atomic mass is 10.2. The number of quaternary nitrogens is 1. The Morgan fingerprint density at radius 1 is 1.33 bits per heavy atom. The van der Waals surface area contributed by atoms with Crippen molar-refractivity contribution in [3.8, 4) is 5.75 Å². The molecule has 1 saturated heterocycles. The maximum atomic E-state index is 12.4. The van der Waals surface area contributed by atoms with Crippen LogP contribution in [0.4, 0.5) is 0 Å². The van der Waals surface area contributed by atoms with Crippen LogP contribution >= 0.6 is 11.8 Å². The monoisotopic (exact) mass is 309 g/mol. The predicted molar refractivity (Wildman–Crippen MR) is 86.4 cm³/mol. The molecule has 2 N–H and O–H groups in total. The van der Waals surface area contributed by atoms with Crippen LogP contribution in [0.2, 0.25) is 0 Å². The first-order valence-electron chi connectivity index (χ1n) is 7.46. The van der Waals surface area contributed by atoms with Gasteiger partial charge in [-0.05, 0) is 38.5 Å². The fourth-order valence-corrected chi connectivity index (χ4v) is 3.78. The molecule has 0 aromatic heterocycles. The summed E-state index contributed by atoms with van der Waals surface area (Å²) in [5.41, 5.74) is 1.17. The molecule has 1 heterocycles. The average Bonchev–Trinajstić information content (AvgIpc) is 2.75. The third kappa shape index (κ3) is 3.92. The van der Waals surface area contributed by atoms with Gasteiger partial charge < -0.3 is 15.0 Å². The van der Waals surface area contributed by atoms with Crippen LogP contribution in [0.15, 0.2) is 24.3 Å². The summed E-state index contributed by atoms with van der Waals surface area (Å²) in [5, 5.41) is 2.43. The zero-order chi connectivity index (χ0) is 15.4. The smallest absolute Gasteiger partial charge is 0.236 e. The molecule has 1 aliphatic rings. The van der Waals surface area contributed by atoms with E-state index < -0.39 is 0 Å². The third-order valence-corrected chi connectivity index (χ3v) is 5.05. The highest BCUT2D eigenvalue weighted by Crippen LogP contribution is 2.42. The summed E-state index contributed by atoms with van der Waals surface area (Å²) in [5.74, 6) is 1.10. The first-order chi connectivity index (χ1) is 10.0. The summed E-state index contributed by atoms with van der Waals surface area (Å²) in [6.45, 7) is 8.08. The number of benzene rings is 1. The summed E-state index contributed by atoms with van der Waals surface area (Å²) in [7, 11) is 1.67. The zero-order valence-corrected chi connectivity index (χ0v) is 14.0. The van der Waals surface area contributed by atoms with Gasteiger partial charge in [-0.1, -0.05) is 12.1 Å². The number of hydrogen-bond acceptors (Lipinski definition) is 3. The first-order valence-corrected chi connectivity index (χ1v) is 8.40. The molecule has 116 valence electrons. The Morgan fingerprint density at radius 2 is 2.00 bits per heavy atom. The van der Waals surface area contributed by atoms with Gasteiger partial charge >= 0.3 is 0 Å². The number of rotatable bonds is 6. The van der Waals surface area contributed by atoms with Gasteiger partial charge in [0.05, 0.1) is 31.5 Å². The number of thioether (sulfide) groups is 1. The SMILES string of the molecule is COc1ccc([C@H]2S[C@@H](C)C(=O)N2CC[NH2+]C(C)C)cc1. The highest BCUT2D eigenvalue weighted by atomic mass is 32.2. The van der Waals surface area contributed by atoms with Crippen molar-refractivity contribution in [2.45, 2.75) is 37.4 Å². The molecule has 21 heavy (non-hydrogen) atoms. The van der Waals surface area contributed by atoms with Crippen molar-refractivity contribution in [3.63, 3.8) is 0 Å². The van der Waals surface area contributed by atoms with Crippen LogP contribution < -0.4 is 10.1 Å². The minimum atomic E-state index is 0.0381. The summed E-state index contributed by atoms with van der Waals surface area (Å²) >= 11 is 1.73. The van der Waals surface area contributed by atoms with E-state index in [1.54, 1.807) is 18.9 Å². The Labute approximate surface area is 131 Å². The van der Waals surface area contributed by atoms with Crippen LogP contribution in [-0.2, 0) is 4.79 Å². The molecule has 0 saturated carbocycles. The van der Waals surface area contributed by atoms with E-state index in [2.05, 4.69) is 31.3 Å². The number of methoxy groups -OCH3 is 1. The van der Waals surface area contributed by atoms with E-state index in [1.807, 2.05) is 24.0 Å². The van der Waals surface area contributed by atoms with Crippen molar-refractivity contribution in [3.05, 3.63) is 29.8 Å². The molecule has 0 aliphatic carbocycles. The Morgan fingerprint density at radius 3 is 2.57 bits per heavy atom. The number of carbonyl (C=O) groups excluding carboxylic acids is 1. The molecule has 2 rings (SSSR count). The Hall–Kier alpha value is -1.20. The lowest BCUT2D eigenvalue weighted by Crippen LogP contribution is -2.89. The minimum absolute atomic E-state index is 0.0381. The standard InChI is InChI=1S/C16H24N2O2S/c1-11(2)17-9-10-18-15(19)12(3)21-16(18)13-5-7-14(20-4)8-6-13/h5-8,11-12,16-17H,9-10H2,1-4H3/p+1/t12-,16+/m0/s1. The van der Waals surface area contributed by atoms with Crippen molar-refractivity contribution in [2.24, 2.45) is 0 Å². The van der Waals surface area contributed by atoms with E-state index in [1.165, 1.54) is 5.56 Å². The normalized spacial score (nSPS) is 22.1. The summed E-state index contributed by atoms with van der Waals surface area (Å²) in [6.07, 6.45) is 0. The Bertz CT molecular complexity index is 476. The van der Waals surface area contributed by atoms with Crippen molar-refractivity contribution in [1.82, 2.24) is 4.90 Å². The molecule has 1 amide bonds. The van der Waals surface area contributed by atoms with Crippen molar-refractivity contribution < 1.29 is 14.8 Å². The quantitative estimate of drug-likeness (QED) is 0.869. The highest BCUT2D eigenvalue weighted by molar-refractivity contribution is 8.01. The molecule has 2 atom stereocenters. The first kappa shape index (κ1) is 16.2. The third-order valence-electron chi connectivity index (χ3n) is 3.66. The van der Waals surface area contributed by atoms with Gasteiger partial charge in [-0.3, -0.25) is 4.79 Å². The topological polar surface area (TPSA) is 46.1 Å². The van der Waals surface area contributed by atoms with E-state index in [0.717, 1.165) is 18.8 Å². The van der Waals surface area contributed by atoms with Crippen molar-refractivity contribution in [1.29, 1.82) is 0 Å². The van der Waals surface area contributed by atoms with E-state index in [-0.39, 0.29) is 16.5 Å². The summed E-state index contributed by atoms with van der Waals surface area (Å²) < 4.78 is 5.20. The van der Waals surface area contributed by atoms with Crippen LogP contribution in [0.25, 0.3) is 0 Å². The maximum Gasteiger partial charge on any atom is 0.236 e. The number of hydrogen-bond donors (Lipinski definition) is 1. The van der Waals surface area contributed by atoms with Gasteiger partial charge in [-0.2, -0.15) is 0 Å². The fraction of sp³-hybridized carbons (Fsp3) is 0.562. The second-order valence-electron chi connectivity index (χ2n) is 5.70. The van der Waals surface area contributed by atoms with Crippen LogP contribution in [-0.4, -0.2) is 42.3 Å². The van der Waals surface area contributed by atoms with Gasteiger partial charge in [0, 0.05) is 0 Å². The Kier molecular flexibility index (Phi) is 5.53. The molecule has 0 spiro atoms. The molecular formula is C16H25N2O2S+.